The van der Waals surface area contributed by atoms with E-state index in [2.05, 4.69) is 23.1 Å². The van der Waals surface area contributed by atoms with E-state index in [-0.39, 0.29) is 10.5 Å². The van der Waals surface area contributed by atoms with Crippen LogP contribution in [0.2, 0.25) is 0 Å². The number of ether oxygens (including phenoxy) is 1. The predicted octanol–water partition coefficient (Wildman–Crippen LogP) is 1.13. The third-order valence-electron chi connectivity index (χ3n) is 1.66. The maximum absolute atomic E-state index is 11.3. The maximum atomic E-state index is 11.3. The van der Waals surface area contributed by atoms with E-state index in [1.807, 2.05) is 0 Å². The molecule has 0 bridgehead atoms. The Bertz CT molecular complexity index is 463. The van der Waals surface area contributed by atoms with Gasteiger partial charge in [0.25, 0.3) is 10.1 Å². The van der Waals surface area contributed by atoms with E-state index in [1.165, 1.54) is 24.3 Å². The molecule has 1 rings (SSSR count). The van der Waals surface area contributed by atoms with Crippen LogP contribution in [0.3, 0.4) is 0 Å². The van der Waals surface area contributed by atoms with Gasteiger partial charge in [0.2, 0.25) is 0 Å². The molecule has 1 aromatic carbocycles. The Balaban J connectivity index is 3.37. The molecule has 15 heavy (non-hydrogen) atoms. The number of hydrogen-bond acceptors (Lipinski definition) is 5. The summed E-state index contributed by atoms with van der Waals surface area (Å²) >= 11 is 0. The second kappa shape index (κ2) is 4.41. The maximum Gasteiger partial charge on any atom is 0.339 e. The van der Waals surface area contributed by atoms with Crippen molar-refractivity contribution in [3.63, 3.8) is 0 Å². The van der Waals surface area contributed by atoms with Crippen molar-refractivity contribution in [2.24, 2.45) is 0 Å². The van der Waals surface area contributed by atoms with Gasteiger partial charge in [0, 0.05) is 0 Å². The molecule has 0 saturated heterocycles. The Morgan fingerprint density at radius 3 is 2.33 bits per heavy atom. The largest absolute Gasteiger partial charge is 0.458 e. The lowest BCUT2D eigenvalue weighted by Crippen LogP contribution is -2.10. The van der Waals surface area contributed by atoms with E-state index in [0.717, 1.165) is 0 Å². The summed E-state index contributed by atoms with van der Waals surface area (Å²) in [5, 5.41) is 0. The Kier molecular flexibility index (Phi) is 3.43. The van der Waals surface area contributed by atoms with Crippen LogP contribution >= 0.6 is 0 Å². The predicted molar refractivity (Wildman–Crippen MR) is 50.8 cm³/mol. The molecule has 0 aromatic heterocycles. The summed E-state index contributed by atoms with van der Waals surface area (Å²) in [6.07, 6.45) is 0. The molecule has 0 aliphatic carbocycles. The monoisotopic (exact) mass is 228 g/mol. The van der Waals surface area contributed by atoms with Crippen LogP contribution in [0.25, 0.3) is 0 Å². The number of benzene rings is 1. The van der Waals surface area contributed by atoms with Crippen LogP contribution < -0.4 is 0 Å². The minimum absolute atomic E-state index is 0.142. The van der Waals surface area contributed by atoms with E-state index in [1.54, 1.807) is 0 Å². The summed E-state index contributed by atoms with van der Waals surface area (Å²) < 4.78 is 30.9. The first-order valence-electron chi connectivity index (χ1n) is 3.77. The minimum Gasteiger partial charge on any atom is -0.458 e. The van der Waals surface area contributed by atoms with Crippen LogP contribution in [0.4, 0.5) is 0 Å². The molecule has 0 heterocycles. The van der Waals surface area contributed by atoms with Gasteiger partial charge in [0.1, 0.15) is 12.0 Å². The quantitative estimate of drug-likeness (QED) is 0.573. The molecule has 1 aromatic rings. The van der Waals surface area contributed by atoms with Crippen LogP contribution in [0.1, 0.15) is 10.4 Å². The fourth-order valence-electron chi connectivity index (χ4n) is 0.995. The molecule has 6 heteroatoms. The normalized spacial score (nSPS) is 11.1. The lowest BCUT2D eigenvalue weighted by molar-refractivity contribution is 0.0649. The second-order valence-electron chi connectivity index (χ2n) is 2.50. The van der Waals surface area contributed by atoms with Crippen LogP contribution in [0.5, 0.6) is 0 Å². The van der Waals surface area contributed by atoms with Gasteiger partial charge in [-0.1, -0.05) is 12.1 Å². The van der Waals surface area contributed by atoms with Gasteiger partial charge in [-0.05, 0) is 12.1 Å². The van der Waals surface area contributed by atoms with Crippen molar-refractivity contribution in [2.45, 2.75) is 4.90 Å². The highest BCUT2D eigenvalue weighted by Gasteiger charge is 2.21. The Morgan fingerprint density at radius 1 is 1.20 bits per heavy atom. The Morgan fingerprint density at radius 2 is 1.80 bits per heavy atom. The summed E-state index contributed by atoms with van der Waals surface area (Å²) in [6.45, 7) is 0. The molecule has 0 unspecified atom stereocenters. The number of carbonyl (C=O) groups is 1. The second-order valence-corrected chi connectivity index (χ2v) is 4.08. The Hall–Kier alpha value is -1.40. The first-order chi connectivity index (χ1) is 7.03. The zero-order valence-electron chi connectivity index (χ0n) is 7.67. The van der Waals surface area contributed by atoms with E-state index in [9.17, 15) is 13.2 Å². The molecule has 0 amide bonds. The minimum atomic E-state index is -4.02. The van der Waals surface area contributed by atoms with Gasteiger partial charge in [0.05, 0.1) is 12.7 Å². The summed E-state index contributed by atoms with van der Waals surface area (Å²) in [5.74, 6) is -0.855. The molecule has 0 saturated carbocycles. The van der Waals surface area contributed by atoms with E-state index >= 15 is 0 Å². The van der Waals surface area contributed by atoms with Gasteiger partial charge < -0.3 is 4.74 Å². The van der Waals surface area contributed by atoms with Crippen molar-refractivity contribution in [1.29, 1.82) is 0 Å². The lowest BCUT2D eigenvalue weighted by Gasteiger charge is -2.06. The van der Waals surface area contributed by atoms with Crippen LogP contribution in [-0.2, 0) is 19.0 Å². The molecular weight excluding hydrogens is 220 g/mol. The molecule has 80 valence electrons. The lowest BCUT2D eigenvalue weighted by atomic mass is 10.2. The first kappa shape index (κ1) is 11.7. The van der Waals surface area contributed by atoms with Crippen molar-refractivity contribution in [1.82, 2.24) is 0 Å². The average Bonchev–Trinajstić information content (AvgIpc) is 2.28. The number of hydrogen-bond donors (Lipinski definition) is 0. The molecule has 5 nitrogen and oxygen atoms in total. The average molecular weight is 228 g/mol. The standard InChI is InChI=1S/C9H8O5S/c1-13-9(10)7-5-3-4-6-8(7)15(11,12)14-2/h3-6H,1-2H2. The summed E-state index contributed by atoms with van der Waals surface area (Å²) in [6, 6.07) is 5.45. The third kappa shape index (κ3) is 2.34. The third-order valence-corrected chi connectivity index (χ3v) is 2.87. The molecule has 0 spiro atoms. The van der Waals surface area contributed by atoms with E-state index in [0.29, 0.717) is 0 Å². The van der Waals surface area contributed by atoms with Crippen LogP contribution in [0, 0.1) is 14.2 Å². The molecular formula is C9H8O5S. The number of carbonyl (C=O) groups excluding carboxylic acids is 1. The van der Waals surface area contributed by atoms with Crippen molar-refractivity contribution >= 4 is 16.1 Å². The van der Waals surface area contributed by atoms with Gasteiger partial charge in [-0.2, -0.15) is 8.42 Å². The number of rotatable bonds is 3. The summed E-state index contributed by atoms with van der Waals surface area (Å²) in [7, 11) is 1.69. The highest BCUT2D eigenvalue weighted by Crippen LogP contribution is 2.18. The van der Waals surface area contributed by atoms with Gasteiger partial charge in [-0.25, -0.2) is 4.79 Å². The van der Waals surface area contributed by atoms with Crippen LogP contribution in [-0.4, -0.2) is 14.4 Å². The first-order valence-corrected chi connectivity index (χ1v) is 5.18. The fourth-order valence-corrected chi connectivity index (χ4v) is 1.79. The van der Waals surface area contributed by atoms with Crippen molar-refractivity contribution in [3.05, 3.63) is 44.0 Å². The molecule has 0 fully saturated rings. The summed E-state index contributed by atoms with van der Waals surface area (Å²) in [5.41, 5.74) is -0.142. The van der Waals surface area contributed by atoms with Crippen LogP contribution in [0.15, 0.2) is 29.2 Å². The zero-order valence-corrected chi connectivity index (χ0v) is 8.49. The molecule has 0 aliphatic heterocycles. The summed E-state index contributed by atoms with van der Waals surface area (Å²) in [4.78, 5) is 10.9. The Labute approximate surface area is 87.7 Å². The molecule has 0 aliphatic rings. The molecule has 2 radical (unpaired) electrons. The molecule has 0 atom stereocenters. The number of esters is 1. The highest BCUT2D eigenvalue weighted by atomic mass is 32.2. The topological polar surface area (TPSA) is 69.7 Å². The zero-order chi connectivity index (χ0) is 11.5. The molecule has 0 N–H and O–H groups in total. The van der Waals surface area contributed by atoms with Gasteiger partial charge in [-0.15, -0.1) is 0 Å². The van der Waals surface area contributed by atoms with E-state index in [4.69, 9.17) is 0 Å². The van der Waals surface area contributed by atoms with Gasteiger partial charge in [0.15, 0.2) is 0 Å². The van der Waals surface area contributed by atoms with Gasteiger partial charge >= 0.3 is 5.97 Å². The highest BCUT2D eigenvalue weighted by molar-refractivity contribution is 7.86. The SMILES string of the molecule is [CH2]OC(=O)c1ccccc1S(=O)(=O)O[CH2]. The fraction of sp³-hybridized carbons (Fsp3) is 0. The van der Waals surface area contributed by atoms with Crippen molar-refractivity contribution in [2.75, 3.05) is 0 Å². The van der Waals surface area contributed by atoms with Crippen molar-refractivity contribution in [3.8, 4) is 0 Å². The van der Waals surface area contributed by atoms with Gasteiger partial charge in [-0.3, -0.25) is 4.18 Å². The van der Waals surface area contributed by atoms with E-state index < -0.39 is 16.1 Å². The van der Waals surface area contributed by atoms with Crippen molar-refractivity contribution < 1.29 is 22.1 Å². The smallest absolute Gasteiger partial charge is 0.339 e.